The molecule has 0 aliphatic carbocycles. The number of ether oxygens (including phenoxy) is 1. The Labute approximate surface area is 179 Å². The molecule has 0 saturated carbocycles. The maximum Gasteiger partial charge on any atom is 0.424 e. The Bertz CT molecular complexity index is 1150. The SMILES string of the molecule is [2H]Cc1c(C(=O)Nc2cccc(C3(C)COC(C)(C(F)(F)F)C(N)=N3)n2)nc([2H])c(Cl)c1[2H]. The highest BCUT2D eigenvalue weighted by atomic mass is 35.5. The Morgan fingerprint density at radius 1 is 1.43 bits per heavy atom. The molecule has 2 aromatic rings. The lowest BCUT2D eigenvalue weighted by Gasteiger charge is -2.40. The summed E-state index contributed by atoms with van der Waals surface area (Å²) in [7, 11) is 0. The fourth-order valence-electron chi connectivity index (χ4n) is 2.68. The van der Waals surface area contributed by atoms with Crippen molar-refractivity contribution in [2.45, 2.75) is 38.1 Å². The van der Waals surface area contributed by atoms with Crippen molar-refractivity contribution >= 4 is 29.2 Å². The van der Waals surface area contributed by atoms with Crippen LogP contribution in [0.3, 0.4) is 0 Å². The molecule has 1 aliphatic rings. The van der Waals surface area contributed by atoms with Crippen LogP contribution in [0.15, 0.2) is 35.4 Å². The third-order valence-electron chi connectivity index (χ3n) is 4.61. The first-order valence-electron chi connectivity index (χ1n) is 10.2. The van der Waals surface area contributed by atoms with Crippen molar-refractivity contribution in [1.29, 1.82) is 0 Å². The van der Waals surface area contributed by atoms with E-state index in [9.17, 15) is 18.0 Å². The van der Waals surface area contributed by atoms with Gasteiger partial charge in [-0.2, -0.15) is 13.2 Å². The second-order valence-corrected chi connectivity index (χ2v) is 7.32. The van der Waals surface area contributed by atoms with Gasteiger partial charge in [-0.25, -0.2) is 9.97 Å². The number of nitrogens with zero attached hydrogens (tertiary/aromatic N) is 3. The topological polar surface area (TPSA) is 102 Å². The molecule has 0 aromatic carbocycles. The van der Waals surface area contributed by atoms with Gasteiger partial charge in [-0.05, 0) is 44.5 Å². The minimum Gasteiger partial charge on any atom is -0.385 e. The number of amidine groups is 1. The largest absolute Gasteiger partial charge is 0.424 e. The molecule has 2 atom stereocenters. The molecule has 30 heavy (non-hydrogen) atoms. The molecule has 11 heteroatoms. The summed E-state index contributed by atoms with van der Waals surface area (Å²) in [6, 6.07) is 4.06. The van der Waals surface area contributed by atoms with E-state index in [1.54, 1.807) is 0 Å². The Kier molecular flexibility index (Phi) is 4.53. The van der Waals surface area contributed by atoms with Gasteiger partial charge in [-0.1, -0.05) is 17.7 Å². The van der Waals surface area contributed by atoms with E-state index in [4.69, 9.17) is 26.2 Å². The van der Waals surface area contributed by atoms with Gasteiger partial charge < -0.3 is 15.8 Å². The fraction of sp³-hybridized carbons (Fsp3) is 0.368. The van der Waals surface area contributed by atoms with E-state index >= 15 is 0 Å². The summed E-state index contributed by atoms with van der Waals surface area (Å²) in [4.78, 5) is 24.7. The summed E-state index contributed by atoms with van der Waals surface area (Å²) in [6.07, 6.45) is -5.25. The first-order chi connectivity index (χ1) is 15.2. The van der Waals surface area contributed by atoms with Crippen LogP contribution in [0.4, 0.5) is 19.0 Å². The molecule has 0 spiro atoms. The predicted octanol–water partition coefficient (Wildman–Crippen LogP) is 3.61. The molecule has 3 heterocycles. The Balaban J connectivity index is 1.92. The number of aromatic nitrogens is 2. The van der Waals surface area contributed by atoms with Crippen LogP contribution in [0.25, 0.3) is 0 Å². The minimum absolute atomic E-state index is 0.00222. The highest BCUT2D eigenvalue weighted by Gasteiger charge is 2.59. The van der Waals surface area contributed by atoms with Gasteiger partial charge in [0.2, 0.25) is 5.60 Å². The number of halogens is 4. The Hall–Kier alpha value is -2.72. The van der Waals surface area contributed by atoms with Crippen LogP contribution in [-0.2, 0) is 10.3 Å². The lowest BCUT2D eigenvalue weighted by atomic mass is 9.93. The van der Waals surface area contributed by atoms with E-state index in [-0.39, 0.29) is 33.8 Å². The average Bonchev–Trinajstić information content (AvgIpc) is 2.74. The molecule has 0 bridgehead atoms. The average molecular weight is 445 g/mol. The van der Waals surface area contributed by atoms with Crippen molar-refractivity contribution in [3.05, 3.63) is 52.4 Å². The Morgan fingerprint density at radius 2 is 2.17 bits per heavy atom. The van der Waals surface area contributed by atoms with Gasteiger partial charge in [-0.3, -0.25) is 9.79 Å². The maximum absolute atomic E-state index is 13.3. The Morgan fingerprint density at radius 3 is 2.80 bits per heavy atom. The van der Waals surface area contributed by atoms with Crippen LogP contribution < -0.4 is 11.1 Å². The summed E-state index contributed by atoms with van der Waals surface area (Å²) in [5.74, 6) is -1.59. The summed E-state index contributed by atoms with van der Waals surface area (Å²) in [5, 5.41) is 2.17. The number of aliphatic imine (C=N–C) groups is 1. The number of anilines is 1. The van der Waals surface area contributed by atoms with Gasteiger partial charge in [-0.15, -0.1) is 0 Å². The quantitative estimate of drug-likeness (QED) is 0.752. The van der Waals surface area contributed by atoms with Crippen molar-refractivity contribution < 1.29 is 26.8 Å². The van der Waals surface area contributed by atoms with Crippen molar-refractivity contribution in [2.75, 3.05) is 11.9 Å². The normalized spacial score (nSPS) is 25.7. The second kappa shape index (κ2) is 7.51. The van der Waals surface area contributed by atoms with E-state index < -0.39 is 48.7 Å². The van der Waals surface area contributed by atoms with E-state index in [1.807, 2.05) is 0 Å². The lowest BCUT2D eigenvalue weighted by molar-refractivity contribution is -0.249. The summed E-state index contributed by atoms with van der Waals surface area (Å²) in [6.45, 7) is 1.34. The molecule has 160 valence electrons. The van der Waals surface area contributed by atoms with E-state index in [0.29, 0.717) is 0 Å². The molecule has 2 aromatic heterocycles. The number of carbonyl (C=O) groups is 1. The number of carbonyl (C=O) groups excluding carboxylic acids is 1. The van der Waals surface area contributed by atoms with Crippen LogP contribution in [0.5, 0.6) is 0 Å². The molecule has 1 aliphatic heterocycles. The van der Waals surface area contributed by atoms with Crippen LogP contribution in [-0.4, -0.2) is 40.1 Å². The van der Waals surface area contributed by atoms with Crippen LogP contribution in [0, 0.1) is 6.90 Å². The molecule has 3 rings (SSSR count). The number of nitrogens with one attached hydrogen (secondary N) is 1. The predicted molar refractivity (Wildman–Crippen MR) is 106 cm³/mol. The number of nitrogens with two attached hydrogens (primary N) is 1. The third-order valence-corrected chi connectivity index (χ3v) is 4.79. The summed E-state index contributed by atoms with van der Waals surface area (Å²) in [5.41, 5.74) is 1.31. The van der Waals surface area contributed by atoms with E-state index in [0.717, 1.165) is 6.92 Å². The first kappa shape index (κ1) is 18.1. The summed E-state index contributed by atoms with van der Waals surface area (Å²) >= 11 is 5.81. The van der Waals surface area contributed by atoms with Gasteiger partial charge in [0.15, 0.2) is 0 Å². The van der Waals surface area contributed by atoms with Gasteiger partial charge in [0.05, 0.1) is 20.1 Å². The molecular formula is C19H19ClF3N5O2. The zero-order valence-corrected chi connectivity index (χ0v) is 16.6. The van der Waals surface area contributed by atoms with Gasteiger partial charge in [0, 0.05) is 7.54 Å². The number of alkyl halides is 3. The third kappa shape index (κ3) is 3.97. The maximum atomic E-state index is 13.3. The van der Waals surface area contributed by atoms with Gasteiger partial charge in [0.1, 0.15) is 22.9 Å². The van der Waals surface area contributed by atoms with Crippen molar-refractivity contribution in [1.82, 2.24) is 9.97 Å². The van der Waals surface area contributed by atoms with Crippen LogP contribution >= 0.6 is 11.6 Å². The second-order valence-electron chi connectivity index (χ2n) is 6.94. The van der Waals surface area contributed by atoms with Gasteiger partial charge in [0.25, 0.3) is 5.91 Å². The smallest absolute Gasteiger partial charge is 0.385 e. The molecule has 0 fully saturated rings. The van der Waals surface area contributed by atoms with E-state index in [2.05, 4.69) is 20.3 Å². The fourth-order valence-corrected chi connectivity index (χ4v) is 2.84. The molecule has 0 radical (unpaired) electrons. The lowest BCUT2D eigenvalue weighted by Crippen LogP contribution is -2.60. The highest BCUT2D eigenvalue weighted by Crippen LogP contribution is 2.40. The molecule has 1 amide bonds. The summed E-state index contributed by atoms with van der Waals surface area (Å²) < 4.78 is 68.3. The van der Waals surface area contributed by atoms with Gasteiger partial charge >= 0.3 is 6.18 Å². The molecule has 2 unspecified atom stereocenters. The zero-order chi connectivity index (χ0) is 24.8. The minimum atomic E-state index is -4.76. The highest BCUT2D eigenvalue weighted by molar-refractivity contribution is 6.30. The van der Waals surface area contributed by atoms with Crippen molar-refractivity contribution in [2.24, 2.45) is 10.7 Å². The van der Waals surface area contributed by atoms with Crippen LogP contribution in [0.1, 0.15) is 39.7 Å². The number of amides is 1. The number of pyridine rings is 2. The molecule has 7 nitrogen and oxygen atoms in total. The monoisotopic (exact) mass is 444 g/mol. The van der Waals surface area contributed by atoms with Crippen LogP contribution in [0.2, 0.25) is 5.02 Å². The number of rotatable bonds is 3. The first-order valence-corrected chi connectivity index (χ1v) is 8.91. The van der Waals surface area contributed by atoms with E-state index in [1.165, 1.54) is 25.1 Å². The molecule has 0 saturated heterocycles. The number of hydrogen-bond donors (Lipinski definition) is 2. The number of hydrogen-bond acceptors (Lipinski definition) is 6. The van der Waals surface area contributed by atoms with Crippen molar-refractivity contribution in [3.8, 4) is 0 Å². The standard InChI is InChI=1S/C19H19ClF3N5O2/c1-10-7-11(20)8-25-14(10)15(29)27-13-6-4-5-12(26-13)17(2)9-30-18(3,16(24)28-17)19(21,22)23/h4-8H,9H2,1-3H3,(H2,24,28)(H,26,27,29)/i1D,7D,8D. The van der Waals surface area contributed by atoms with Crippen molar-refractivity contribution in [3.63, 3.8) is 0 Å². The zero-order valence-electron chi connectivity index (χ0n) is 18.9. The molecule has 3 N–H and O–H groups in total. The molecular weight excluding hydrogens is 423 g/mol.